The molecule has 1 aliphatic heterocycles. The Bertz CT molecular complexity index is 671. The van der Waals surface area contributed by atoms with E-state index in [0.29, 0.717) is 15.6 Å². The minimum atomic E-state index is -0.341. The number of aliphatic hydroxyl groups excluding tert-OH is 1. The van der Waals surface area contributed by atoms with E-state index in [2.05, 4.69) is 4.90 Å². The van der Waals surface area contributed by atoms with Gasteiger partial charge in [0.2, 0.25) is 0 Å². The zero-order valence-corrected chi connectivity index (χ0v) is 13.6. The molecule has 22 heavy (non-hydrogen) atoms. The molecular formula is C17H16Cl2FNO. The summed E-state index contributed by atoms with van der Waals surface area (Å²) in [5.41, 5.74) is 2.94. The SMILES string of the molecule is Cc1cc(C2CN(c3c(Cl)cccc3Cl)C2)cc(F)c1CO. The van der Waals surface area contributed by atoms with Gasteiger partial charge in [-0.15, -0.1) is 0 Å². The fraction of sp³-hybridized carbons (Fsp3) is 0.294. The van der Waals surface area contributed by atoms with Crippen LogP contribution in [0.5, 0.6) is 0 Å². The molecule has 0 aromatic heterocycles. The third-order valence-electron chi connectivity index (χ3n) is 4.21. The third-order valence-corrected chi connectivity index (χ3v) is 4.82. The predicted molar refractivity (Wildman–Crippen MR) is 88.5 cm³/mol. The van der Waals surface area contributed by atoms with E-state index in [1.54, 1.807) is 0 Å². The first-order chi connectivity index (χ1) is 10.5. The van der Waals surface area contributed by atoms with Crippen LogP contribution >= 0.6 is 23.2 Å². The quantitative estimate of drug-likeness (QED) is 0.887. The highest BCUT2D eigenvalue weighted by atomic mass is 35.5. The smallest absolute Gasteiger partial charge is 0.129 e. The fourth-order valence-electron chi connectivity index (χ4n) is 2.90. The summed E-state index contributed by atoms with van der Waals surface area (Å²) < 4.78 is 14.0. The van der Waals surface area contributed by atoms with Crippen molar-refractivity contribution < 1.29 is 9.50 Å². The standard InChI is InChI=1S/C17H16Cl2FNO/c1-10-5-11(6-16(20)13(10)9-22)12-7-21(8-12)17-14(18)3-2-4-15(17)19/h2-6,12,22H,7-9H2,1H3. The van der Waals surface area contributed by atoms with E-state index < -0.39 is 0 Å². The van der Waals surface area contributed by atoms with Gasteiger partial charge in [-0.2, -0.15) is 0 Å². The second-order valence-electron chi connectivity index (χ2n) is 5.63. The first kappa shape index (κ1) is 15.6. The molecule has 1 saturated heterocycles. The van der Waals surface area contributed by atoms with Crippen LogP contribution in [-0.2, 0) is 6.61 Å². The van der Waals surface area contributed by atoms with Crippen molar-refractivity contribution in [2.75, 3.05) is 18.0 Å². The van der Waals surface area contributed by atoms with E-state index >= 15 is 0 Å². The van der Waals surface area contributed by atoms with Crippen molar-refractivity contribution >= 4 is 28.9 Å². The molecule has 0 unspecified atom stereocenters. The molecule has 0 bridgehead atoms. The van der Waals surface area contributed by atoms with Crippen molar-refractivity contribution in [2.24, 2.45) is 0 Å². The maximum absolute atomic E-state index is 14.0. The number of aliphatic hydroxyl groups is 1. The van der Waals surface area contributed by atoms with Gasteiger partial charge in [-0.25, -0.2) is 4.39 Å². The molecule has 116 valence electrons. The lowest BCUT2D eigenvalue weighted by molar-refractivity contribution is 0.274. The van der Waals surface area contributed by atoms with Crippen LogP contribution < -0.4 is 4.90 Å². The molecule has 0 radical (unpaired) electrons. The lowest BCUT2D eigenvalue weighted by atomic mass is 9.88. The Hall–Kier alpha value is -1.29. The van der Waals surface area contributed by atoms with Crippen molar-refractivity contribution in [3.05, 3.63) is 62.9 Å². The van der Waals surface area contributed by atoms with Gasteiger partial charge >= 0.3 is 0 Å². The van der Waals surface area contributed by atoms with E-state index in [1.807, 2.05) is 31.2 Å². The first-order valence-electron chi connectivity index (χ1n) is 7.10. The Labute approximate surface area is 139 Å². The van der Waals surface area contributed by atoms with Crippen LogP contribution in [0.2, 0.25) is 10.0 Å². The molecule has 2 aromatic rings. The molecule has 1 aliphatic rings. The van der Waals surface area contributed by atoms with Crippen LogP contribution in [0.4, 0.5) is 10.1 Å². The molecule has 1 heterocycles. The molecule has 0 amide bonds. The summed E-state index contributed by atoms with van der Waals surface area (Å²) in [4.78, 5) is 2.10. The molecule has 0 atom stereocenters. The second-order valence-corrected chi connectivity index (χ2v) is 6.44. The lowest BCUT2D eigenvalue weighted by Crippen LogP contribution is -2.45. The second kappa shape index (κ2) is 6.07. The van der Waals surface area contributed by atoms with Gasteiger partial charge < -0.3 is 10.0 Å². The third kappa shape index (κ3) is 2.69. The lowest BCUT2D eigenvalue weighted by Gasteiger charge is -2.42. The van der Waals surface area contributed by atoms with Gasteiger partial charge in [0.05, 0.1) is 22.3 Å². The summed E-state index contributed by atoms with van der Waals surface area (Å²) in [5, 5.41) is 10.4. The number of benzene rings is 2. The highest BCUT2D eigenvalue weighted by Gasteiger charge is 2.31. The van der Waals surface area contributed by atoms with Crippen molar-refractivity contribution in [1.82, 2.24) is 0 Å². The minimum absolute atomic E-state index is 0.244. The number of rotatable bonds is 3. The van der Waals surface area contributed by atoms with Crippen LogP contribution in [0, 0.1) is 12.7 Å². The summed E-state index contributed by atoms with van der Waals surface area (Å²) in [6.07, 6.45) is 0. The van der Waals surface area contributed by atoms with Gasteiger partial charge in [-0.05, 0) is 36.2 Å². The summed E-state index contributed by atoms with van der Waals surface area (Å²) in [6, 6.07) is 8.92. The van der Waals surface area contributed by atoms with Crippen LogP contribution in [0.25, 0.3) is 0 Å². The Morgan fingerprint density at radius 1 is 1.23 bits per heavy atom. The molecule has 1 fully saturated rings. The number of para-hydroxylation sites is 1. The van der Waals surface area contributed by atoms with Gasteiger partial charge in [0.1, 0.15) is 5.82 Å². The maximum Gasteiger partial charge on any atom is 0.129 e. The minimum Gasteiger partial charge on any atom is -0.392 e. The van der Waals surface area contributed by atoms with Crippen LogP contribution in [0.15, 0.2) is 30.3 Å². The number of nitrogens with zero attached hydrogens (tertiary/aromatic N) is 1. The molecule has 0 saturated carbocycles. The van der Waals surface area contributed by atoms with Crippen molar-refractivity contribution in [1.29, 1.82) is 0 Å². The molecule has 2 aromatic carbocycles. The van der Waals surface area contributed by atoms with Gasteiger partial charge in [-0.1, -0.05) is 35.3 Å². The van der Waals surface area contributed by atoms with E-state index in [-0.39, 0.29) is 18.3 Å². The summed E-state index contributed by atoms with van der Waals surface area (Å²) in [6.45, 7) is 3.05. The molecule has 5 heteroatoms. The maximum atomic E-state index is 14.0. The largest absolute Gasteiger partial charge is 0.392 e. The average molecular weight is 340 g/mol. The molecule has 2 nitrogen and oxygen atoms in total. The van der Waals surface area contributed by atoms with Gasteiger partial charge in [0, 0.05) is 24.6 Å². The Morgan fingerprint density at radius 2 is 1.86 bits per heavy atom. The van der Waals surface area contributed by atoms with E-state index in [1.165, 1.54) is 6.07 Å². The summed E-state index contributed by atoms with van der Waals surface area (Å²) in [5.74, 6) is -0.0972. The molecule has 3 rings (SSSR count). The van der Waals surface area contributed by atoms with Crippen molar-refractivity contribution in [3.63, 3.8) is 0 Å². The molecule has 1 N–H and O–H groups in total. The normalized spacial score (nSPS) is 15.0. The monoisotopic (exact) mass is 339 g/mol. The van der Waals surface area contributed by atoms with Crippen molar-refractivity contribution in [2.45, 2.75) is 19.4 Å². The van der Waals surface area contributed by atoms with E-state index in [9.17, 15) is 9.50 Å². The van der Waals surface area contributed by atoms with Crippen molar-refractivity contribution in [3.8, 4) is 0 Å². The van der Waals surface area contributed by atoms with Crippen LogP contribution in [-0.4, -0.2) is 18.2 Å². The summed E-state index contributed by atoms with van der Waals surface area (Å²) in [7, 11) is 0. The van der Waals surface area contributed by atoms with E-state index in [0.717, 1.165) is 29.9 Å². The fourth-order valence-corrected chi connectivity index (χ4v) is 3.54. The number of aryl methyl sites for hydroxylation is 1. The first-order valence-corrected chi connectivity index (χ1v) is 7.85. The van der Waals surface area contributed by atoms with Gasteiger partial charge in [0.15, 0.2) is 0 Å². The molecule has 0 spiro atoms. The Balaban J connectivity index is 1.79. The number of hydrogen-bond donors (Lipinski definition) is 1. The number of hydrogen-bond acceptors (Lipinski definition) is 2. The molecule has 0 aliphatic carbocycles. The van der Waals surface area contributed by atoms with Crippen LogP contribution in [0.1, 0.15) is 22.6 Å². The zero-order valence-electron chi connectivity index (χ0n) is 12.1. The highest BCUT2D eigenvalue weighted by Crippen LogP contribution is 2.40. The number of halogens is 3. The summed E-state index contributed by atoms with van der Waals surface area (Å²) >= 11 is 12.4. The Kier molecular flexibility index (Phi) is 4.31. The van der Waals surface area contributed by atoms with E-state index in [4.69, 9.17) is 23.2 Å². The van der Waals surface area contributed by atoms with Crippen LogP contribution in [0.3, 0.4) is 0 Å². The van der Waals surface area contributed by atoms with Gasteiger partial charge in [0.25, 0.3) is 0 Å². The predicted octanol–water partition coefficient (Wildman–Crippen LogP) is 4.54. The van der Waals surface area contributed by atoms with Gasteiger partial charge in [-0.3, -0.25) is 0 Å². The zero-order chi connectivity index (χ0) is 15.9. The Morgan fingerprint density at radius 3 is 2.41 bits per heavy atom. The topological polar surface area (TPSA) is 23.5 Å². The average Bonchev–Trinajstić information content (AvgIpc) is 2.40. The highest BCUT2D eigenvalue weighted by molar-refractivity contribution is 6.39. The number of anilines is 1. The molecular weight excluding hydrogens is 324 g/mol.